The molecule has 74 valence electrons. The van der Waals surface area contributed by atoms with E-state index < -0.39 is 12.1 Å². The van der Waals surface area contributed by atoms with Crippen LogP contribution < -0.4 is 0 Å². The van der Waals surface area contributed by atoms with Gasteiger partial charge in [-0.1, -0.05) is 6.08 Å². The molecule has 4 nitrogen and oxygen atoms in total. The average molecular weight is 186 g/mol. The van der Waals surface area contributed by atoms with Crippen LogP contribution in [0.3, 0.4) is 0 Å². The van der Waals surface area contributed by atoms with E-state index in [0.29, 0.717) is 0 Å². The Morgan fingerprint density at radius 1 is 1.46 bits per heavy atom. The van der Waals surface area contributed by atoms with E-state index in [1.807, 2.05) is 0 Å². The number of ketones is 1. The Hall–Kier alpha value is -1.16. The molecular formula is C9H14O4. The molecule has 0 bridgehead atoms. The Bertz CT molecular complexity index is 210. The molecule has 1 unspecified atom stereocenters. The van der Waals surface area contributed by atoms with E-state index >= 15 is 0 Å². The molecule has 0 amide bonds. The summed E-state index contributed by atoms with van der Waals surface area (Å²) in [5.41, 5.74) is 0. The van der Waals surface area contributed by atoms with E-state index in [-0.39, 0.29) is 11.9 Å². The largest absolute Gasteiger partial charge is 0.467 e. The summed E-state index contributed by atoms with van der Waals surface area (Å²) in [5.74, 6) is -1.05. The topological polar surface area (TPSA) is 52.6 Å². The van der Waals surface area contributed by atoms with Crippen molar-refractivity contribution < 1.29 is 19.1 Å². The number of carbonyl (C=O) groups is 2. The molecule has 0 aliphatic heterocycles. The van der Waals surface area contributed by atoms with Crippen molar-refractivity contribution in [2.75, 3.05) is 7.11 Å². The molecule has 0 aromatic carbocycles. The monoisotopic (exact) mass is 186 g/mol. The summed E-state index contributed by atoms with van der Waals surface area (Å²) >= 11 is 0. The summed E-state index contributed by atoms with van der Waals surface area (Å²) in [6.45, 7) is 6.43. The molecule has 0 heterocycles. The molecule has 0 N–H and O–H groups in total. The number of methoxy groups -OCH3 is 1. The van der Waals surface area contributed by atoms with Crippen LogP contribution in [0.5, 0.6) is 0 Å². The van der Waals surface area contributed by atoms with E-state index in [0.717, 1.165) is 0 Å². The van der Waals surface area contributed by atoms with Gasteiger partial charge in [0.05, 0.1) is 13.2 Å². The maximum atomic E-state index is 11.0. The van der Waals surface area contributed by atoms with Crippen LogP contribution >= 0.6 is 0 Å². The quantitative estimate of drug-likeness (QED) is 0.360. The summed E-state index contributed by atoms with van der Waals surface area (Å²) in [6.07, 6.45) is 0.00444. The molecule has 4 heteroatoms. The van der Waals surface area contributed by atoms with Gasteiger partial charge >= 0.3 is 5.97 Å². The van der Waals surface area contributed by atoms with Crippen molar-refractivity contribution in [2.45, 2.75) is 26.1 Å². The smallest absolute Gasteiger partial charge is 0.342 e. The average Bonchev–Trinajstić information content (AvgIpc) is 2.11. The van der Waals surface area contributed by atoms with E-state index in [1.54, 1.807) is 6.92 Å². The lowest BCUT2D eigenvalue weighted by Crippen LogP contribution is -2.34. The molecule has 0 rings (SSSR count). The van der Waals surface area contributed by atoms with E-state index in [9.17, 15) is 9.59 Å². The second-order valence-electron chi connectivity index (χ2n) is 2.59. The molecule has 2 atom stereocenters. The predicted octanol–water partition coefficient (Wildman–Crippen LogP) is 0.708. The third-order valence-electron chi connectivity index (χ3n) is 1.47. The lowest BCUT2D eigenvalue weighted by molar-refractivity contribution is -0.160. The standard InChI is InChI=1S/C9H14O4/c1-5-6(2)13-8(7(3)10)9(11)12-4/h5-6,8H,1H2,2-4H3/t6-,8?/m0/s1. The van der Waals surface area contributed by atoms with E-state index in [4.69, 9.17) is 4.74 Å². The van der Waals surface area contributed by atoms with Gasteiger partial charge in [-0.25, -0.2) is 4.79 Å². The highest BCUT2D eigenvalue weighted by Crippen LogP contribution is 2.02. The van der Waals surface area contributed by atoms with Crippen LogP contribution in [0, 0.1) is 0 Å². The number of esters is 1. The van der Waals surface area contributed by atoms with Gasteiger partial charge in [0.1, 0.15) is 0 Å². The van der Waals surface area contributed by atoms with Crippen molar-refractivity contribution in [2.24, 2.45) is 0 Å². The van der Waals surface area contributed by atoms with Gasteiger partial charge in [-0.3, -0.25) is 4.79 Å². The minimum absolute atomic E-state index is 0.354. The summed E-state index contributed by atoms with van der Waals surface area (Å²) in [6, 6.07) is 0. The molecular weight excluding hydrogens is 172 g/mol. The summed E-state index contributed by atoms with van der Waals surface area (Å²) in [4.78, 5) is 21.9. The fourth-order valence-electron chi connectivity index (χ4n) is 0.695. The van der Waals surface area contributed by atoms with Gasteiger partial charge < -0.3 is 9.47 Å². The molecule has 0 saturated heterocycles. The summed E-state index contributed by atoms with van der Waals surface area (Å²) in [5, 5.41) is 0. The van der Waals surface area contributed by atoms with Crippen molar-refractivity contribution in [3.8, 4) is 0 Å². The zero-order valence-electron chi connectivity index (χ0n) is 8.07. The zero-order chi connectivity index (χ0) is 10.4. The number of hydrogen-bond acceptors (Lipinski definition) is 4. The summed E-state index contributed by atoms with van der Waals surface area (Å²) < 4.78 is 9.47. The molecule has 0 saturated carbocycles. The third kappa shape index (κ3) is 3.85. The third-order valence-corrected chi connectivity index (χ3v) is 1.47. The minimum Gasteiger partial charge on any atom is -0.467 e. The lowest BCUT2D eigenvalue weighted by atomic mass is 10.2. The number of carbonyl (C=O) groups excluding carboxylic acids is 2. The second kappa shape index (κ2) is 5.48. The Kier molecular flexibility index (Phi) is 4.99. The number of rotatable bonds is 5. The zero-order valence-corrected chi connectivity index (χ0v) is 8.07. The van der Waals surface area contributed by atoms with Crippen LogP contribution in [-0.4, -0.2) is 31.1 Å². The minimum atomic E-state index is -1.14. The van der Waals surface area contributed by atoms with E-state index in [2.05, 4.69) is 11.3 Å². The van der Waals surface area contributed by atoms with Crippen molar-refractivity contribution in [3.05, 3.63) is 12.7 Å². The first-order chi connectivity index (χ1) is 6.02. The molecule has 0 spiro atoms. The highest BCUT2D eigenvalue weighted by Gasteiger charge is 2.26. The van der Waals surface area contributed by atoms with Crippen LogP contribution in [0.1, 0.15) is 13.8 Å². The fraction of sp³-hybridized carbons (Fsp3) is 0.556. The maximum absolute atomic E-state index is 11.0. The Balaban J connectivity index is 4.34. The van der Waals surface area contributed by atoms with Crippen molar-refractivity contribution in [1.29, 1.82) is 0 Å². The van der Waals surface area contributed by atoms with Gasteiger partial charge in [0.25, 0.3) is 0 Å². The van der Waals surface area contributed by atoms with Gasteiger partial charge in [-0.05, 0) is 13.8 Å². The fourth-order valence-corrected chi connectivity index (χ4v) is 0.695. The molecule has 0 aliphatic rings. The molecule has 0 fully saturated rings. The molecule has 0 radical (unpaired) electrons. The normalized spacial score (nSPS) is 14.4. The van der Waals surface area contributed by atoms with Crippen LogP contribution in [0.15, 0.2) is 12.7 Å². The second-order valence-corrected chi connectivity index (χ2v) is 2.59. The maximum Gasteiger partial charge on any atom is 0.342 e. The highest BCUT2D eigenvalue weighted by molar-refractivity contribution is 6.00. The Morgan fingerprint density at radius 3 is 2.31 bits per heavy atom. The molecule has 0 aliphatic carbocycles. The van der Waals surface area contributed by atoms with Crippen LogP contribution in [0.25, 0.3) is 0 Å². The Labute approximate surface area is 77.5 Å². The van der Waals surface area contributed by atoms with Crippen molar-refractivity contribution >= 4 is 11.8 Å². The SMILES string of the molecule is C=C[C@H](C)OC(C(C)=O)C(=O)OC. The molecule has 13 heavy (non-hydrogen) atoms. The number of ether oxygens (including phenoxy) is 2. The van der Waals surface area contributed by atoms with Gasteiger partial charge in [0.2, 0.25) is 6.10 Å². The van der Waals surface area contributed by atoms with E-state index in [1.165, 1.54) is 20.1 Å². The first kappa shape index (κ1) is 11.8. The lowest BCUT2D eigenvalue weighted by Gasteiger charge is -2.15. The first-order valence-corrected chi connectivity index (χ1v) is 3.89. The Morgan fingerprint density at radius 2 is 2.00 bits per heavy atom. The van der Waals surface area contributed by atoms with Crippen molar-refractivity contribution in [1.82, 2.24) is 0 Å². The van der Waals surface area contributed by atoms with Crippen molar-refractivity contribution in [3.63, 3.8) is 0 Å². The van der Waals surface area contributed by atoms with Gasteiger partial charge in [-0.15, -0.1) is 6.58 Å². The molecule has 0 aromatic heterocycles. The predicted molar refractivity (Wildman–Crippen MR) is 47.2 cm³/mol. The highest BCUT2D eigenvalue weighted by atomic mass is 16.6. The van der Waals surface area contributed by atoms with Crippen LogP contribution in [0.2, 0.25) is 0 Å². The molecule has 0 aromatic rings. The first-order valence-electron chi connectivity index (χ1n) is 3.89. The number of hydrogen-bond donors (Lipinski definition) is 0. The number of Topliss-reactive ketones (excluding diaryl/α,β-unsaturated/α-hetero) is 1. The van der Waals surface area contributed by atoms with Gasteiger partial charge in [0.15, 0.2) is 5.78 Å². The van der Waals surface area contributed by atoms with Gasteiger partial charge in [-0.2, -0.15) is 0 Å². The summed E-state index contributed by atoms with van der Waals surface area (Å²) in [7, 11) is 1.21. The van der Waals surface area contributed by atoms with Crippen LogP contribution in [0.4, 0.5) is 0 Å². The van der Waals surface area contributed by atoms with Crippen LogP contribution in [-0.2, 0) is 19.1 Å². The van der Waals surface area contributed by atoms with Gasteiger partial charge in [0, 0.05) is 0 Å².